The van der Waals surface area contributed by atoms with Gasteiger partial charge in [0.2, 0.25) is 0 Å². The van der Waals surface area contributed by atoms with Crippen LogP contribution in [0.25, 0.3) is 10.9 Å². The lowest BCUT2D eigenvalue weighted by Crippen LogP contribution is -2.49. The van der Waals surface area contributed by atoms with Gasteiger partial charge in [0, 0.05) is 37.6 Å². The fourth-order valence-electron chi connectivity index (χ4n) is 3.07. The van der Waals surface area contributed by atoms with Gasteiger partial charge in [-0.1, -0.05) is 18.2 Å². The molecule has 4 nitrogen and oxygen atoms in total. The Morgan fingerprint density at radius 2 is 1.95 bits per heavy atom. The number of piperidine rings is 1. The van der Waals surface area contributed by atoms with Gasteiger partial charge in [0.15, 0.2) is 0 Å². The first kappa shape index (κ1) is 13.6. The van der Waals surface area contributed by atoms with Crippen LogP contribution in [0, 0.1) is 0 Å². The smallest absolute Gasteiger partial charge is 0.0843 e. The van der Waals surface area contributed by atoms with Crippen LogP contribution in [0.4, 0.5) is 0 Å². The van der Waals surface area contributed by atoms with Gasteiger partial charge in [0.1, 0.15) is 0 Å². The number of fused-ring (bicyclic) bond motifs is 1. The van der Waals surface area contributed by atoms with Gasteiger partial charge in [-0.05, 0) is 32.9 Å². The van der Waals surface area contributed by atoms with E-state index in [2.05, 4.69) is 48.5 Å². The molecule has 0 bridgehead atoms. The van der Waals surface area contributed by atoms with Crippen molar-refractivity contribution in [2.75, 3.05) is 20.1 Å². The lowest BCUT2D eigenvalue weighted by Gasteiger charge is -2.39. The highest BCUT2D eigenvalue weighted by atomic mass is 15.3. The fraction of sp³-hybridized carbons (Fsp3) is 0.562. The van der Waals surface area contributed by atoms with Crippen molar-refractivity contribution in [3.05, 3.63) is 30.0 Å². The molecule has 2 aromatic rings. The van der Waals surface area contributed by atoms with Crippen LogP contribution in [0.3, 0.4) is 0 Å². The highest BCUT2D eigenvalue weighted by Gasteiger charge is 2.28. The number of nitrogens with one attached hydrogen (secondary N) is 1. The lowest BCUT2D eigenvalue weighted by atomic mass is 9.90. The predicted octanol–water partition coefficient (Wildman–Crippen LogP) is 2.15. The molecule has 1 fully saturated rings. The molecule has 0 spiro atoms. The van der Waals surface area contributed by atoms with Crippen LogP contribution in [-0.4, -0.2) is 40.4 Å². The van der Waals surface area contributed by atoms with Crippen LogP contribution in [0.5, 0.6) is 0 Å². The fourth-order valence-corrected chi connectivity index (χ4v) is 3.07. The highest BCUT2D eigenvalue weighted by molar-refractivity contribution is 5.81. The van der Waals surface area contributed by atoms with Gasteiger partial charge in [0.25, 0.3) is 0 Å². The van der Waals surface area contributed by atoms with Gasteiger partial charge in [0.05, 0.1) is 11.2 Å². The molecular formula is C16H24N4. The first-order valence-electron chi connectivity index (χ1n) is 7.43. The van der Waals surface area contributed by atoms with E-state index in [-0.39, 0.29) is 0 Å². The number of rotatable bonds is 3. The molecule has 1 aliphatic rings. The molecule has 0 unspecified atom stereocenters. The number of nitrogens with zero attached hydrogens (tertiary/aromatic N) is 3. The summed E-state index contributed by atoms with van der Waals surface area (Å²) in [5.41, 5.74) is 2.73. The summed E-state index contributed by atoms with van der Waals surface area (Å²) >= 11 is 0. The monoisotopic (exact) mass is 272 g/mol. The zero-order chi connectivity index (χ0) is 14.2. The maximum Gasteiger partial charge on any atom is 0.0843 e. The van der Waals surface area contributed by atoms with Crippen molar-refractivity contribution in [2.45, 2.75) is 31.8 Å². The van der Waals surface area contributed by atoms with Gasteiger partial charge in [-0.3, -0.25) is 9.58 Å². The van der Waals surface area contributed by atoms with Crippen LogP contribution in [-0.2, 0) is 13.6 Å². The Bertz CT molecular complexity index is 594. The van der Waals surface area contributed by atoms with Crippen molar-refractivity contribution in [1.29, 1.82) is 0 Å². The minimum absolute atomic E-state index is 0.308. The Kier molecular flexibility index (Phi) is 3.52. The van der Waals surface area contributed by atoms with Crippen molar-refractivity contribution in [3.63, 3.8) is 0 Å². The SMILES string of the molecule is CNC1(C)CCN(Cc2nn(C)c3ccccc23)CC1. The first-order chi connectivity index (χ1) is 9.61. The van der Waals surface area contributed by atoms with E-state index in [1.54, 1.807) is 0 Å². The number of para-hydroxylation sites is 1. The van der Waals surface area contributed by atoms with Gasteiger partial charge in [-0.2, -0.15) is 5.10 Å². The molecule has 1 saturated heterocycles. The molecule has 0 radical (unpaired) electrons. The summed E-state index contributed by atoms with van der Waals surface area (Å²) in [4.78, 5) is 2.52. The van der Waals surface area contributed by atoms with Crippen molar-refractivity contribution in [1.82, 2.24) is 20.0 Å². The number of aryl methyl sites for hydroxylation is 1. The standard InChI is InChI=1S/C16H24N4/c1-16(17-2)8-10-20(11-9-16)12-14-13-6-4-5-7-15(13)19(3)18-14/h4-7,17H,8-12H2,1-3H3. The van der Waals surface area contributed by atoms with Gasteiger partial charge in [-0.15, -0.1) is 0 Å². The molecule has 108 valence electrons. The zero-order valence-corrected chi connectivity index (χ0v) is 12.7. The number of aromatic nitrogens is 2. The Hall–Kier alpha value is -1.39. The molecule has 0 atom stereocenters. The Morgan fingerprint density at radius 3 is 2.65 bits per heavy atom. The molecule has 1 aromatic carbocycles. The lowest BCUT2D eigenvalue weighted by molar-refractivity contribution is 0.145. The van der Waals surface area contributed by atoms with Crippen molar-refractivity contribution >= 4 is 10.9 Å². The molecule has 0 saturated carbocycles. The van der Waals surface area contributed by atoms with Crippen LogP contribution in [0.2, 0.25) is 0 Å². The van der Waals surface area contributed by atoms with Crippen LogP contribution in [0.15, 0.2) is 24.3 Å². The first-order valence-corrected chi connectivity index (χ1v) is 7.43. The molecule has 4 heteroatoms. The van der Waals surface area contributed by atoms with E-state index in [4.69, 9.17) is 5.10 Å². The number of benzene rings is 1. The second-order valence-corrected chi connectivity index (χ2v) is 6.17. The van der Waals surface area contributed by atoms with Crippen molar-refractivity contribution in [3.8, 4) is 0 Å². The summed E-state index contributed by atoms with van der Waals surface area (Å²) in [7, 11) is 4.10. The van der Waals surface area contributed by atoms with Crippen LogP contribution >= 0.6 is 0 Å². The largest absolute Gasteiger partial charge is 0.314 e. The minimum atomic E-state index is 0.308. The van der Waals surface area contributed by atoms with E-state index < -0.39 is 0 Å². The van der Waals surface area contributed by atoms with Crippen molar-refractivity contribution in [2.24, 2.45) is 7.05 Å². The topological polar surface area (TPSA) is 33.1 Å². The second-order valence-electron chi connectivity index (χ2n) is 6.17. The maximum atomic E-state index is 4.70. The maximum absolute atomic E-state index is 4.70. The second kappa shape index (κ2) is 5.19. The molecule has 0 amide bonds. The molecule has 20 heavy (non-hydrogen) atoms. The number of likely N-dealkylation sites (tertiary alicyclic amines) is 1. The third-order valence-electron chi connectivity index (χ3n) is 4.77. The molecule has 1 N–H and O–H groups in total. The van der Waals surface area contributed by atoms with Crippen molar-refractivity contribution < 1.29 is 0 Å². The summed E-state index contributed by atoms with van der Waals surface area (Å²) in [6, 6.07) is 8.49. The molecule has 2 heterocycles. The molecular weight excluding hydrogens is 248 g/mol. The number of hydrogen-bond donors (Lipinski definition) is 1. The average Bonchev–Trinajstić information content (AvgIpc) is 2.79. The van der Waals surface area contributed by atoms with E-state index in [1.165, 1.54) is 29.4 Å². The van der Waals surface area contributed by atoms with Gasteiger partial charge >= 0.3 is 0 Å². The number of hydrogen-bond acceptors (Lipinski definition) is 3. The summed E-state index contributed by atoms with van der Waals surface area (Å²) < 4.78 is 1.99. The zero-order valence-electron chi connectivity index (χ0n) is 12.7. The van der Waals surface area contributed by atoms with Gasteiger partial charge in [-0.25, -0.2) is 0 Å². The Balaban J connectivity index is 1.75. The van der Waals surface area contributed by atoms with E-state index in [9.17, 15) is 0 Å². The highest BCUT2D eigenvalue weighted by Crippen LogP contribution is 2.24. The molecule has 1 aromatic heterocycles. The third kappa shape index (κ3) is 2.45. The predicted molar refractivity (Wildman–Crippen MR) is 82.7 cm³/mol. The van der Waals surface area contributed by atoms with Gasteiger partial charge < -0.3 is 5.32 Å². The molecule has 0 aliphatic carbocycles. The molecule has 1 aliphatic heterocycles. The van der Waals surface area contributed by atoms with Crippen LogP contribution < -0.4 is 5.32 Å². The third-order valence-corrected chi connectivity index (χ3v) is 4.77. The van der Waals surface area contributed by atoms with E-state index >= 15 is 0 Å². The normalized spacial score (nSPS) is 19.6. The van der Waals surface area contributed by atoms with E-state index in [1.807, 2.05) is 11.7 Å². The Labute approximate surface area is 120 Å². The van der Waals surface area contributed by atoms with E-state index in [0.29, 0.717) is 5.54 Å². The summed E-state index contributed by atoms with van der Waals surface area (Å²) in [5.74, 6) is 0. The Morgan fingerprint density at radius 1 is 1.25 bits per heavy atom. The minimum Gasteiger partial charge on any atom is -0.314 e. The van der Waals surface area contributed by atoms with E-state index in [0.717, 1.165) is 19.6 Å². The summed E-state index contributed by atoms with van der Waals surface area (Å²) in [6.45, 7) is 5.56. The molecule has 3 rings (SSSR count). The van der Waals surface area contributed by atoms with Crippen LogP contribution in [0.1, 0.15) is 25.5 Å². The quantitative estimate of drug-likeness (QED) is 0.929. The summed E-state index contributed by atoms with van der Waals surface area (Å²) in [6.07, 6.45) is 2.41. The summed E-state index contributed by atoms with van der Waals surface area (Å²) in [5, 5.41) is 9.44. The average molecular weight is 272 g/mol.